The third kappa shape index (κ3) is 3.18. The molecule has 4 heteroatoms. The number of hydrogen-bond acceptors (Lipinski definition) is 3. The first-order valence-corrected chi connectivity index (χ1v) is 7.10. The van der Waals surface area contributed by atoms with E-state index in [1.165, 1.54) is 18.4 Å². The Balaban J connectivity index is 2.19. The van der Waals surface area contributed by atoms with Gasteiger partial charge >= 0.3 is 0 Å². The van der Waals surface area contributed by atoms with E-state index < -0.39 is 6.10 Å². The average Bonchev–Trinajstić information content (AvgIpc) is 2.83. The van der Waals surface area contributed by atoms with Gasteiger partial charge in [0.2, 0.25) is 0 Å². The molecule has 2 rings (SSSR count). The molecule has 1 unspecified atom stereocenters. The molecular weight excluding hydrogens is 240 g/mol. The molecule has 0 spiro atoms. The third-order valence-electron chi connectivity index (χ3n) is 3.66. The van der Waals surface area contributed by atoms with E-state index in [9.17, 15) is 5.11 Å². The lowest BCUT2D eigenvalue weighted by molar-refractivity contribution is 0.158. The molecule has 1 aliphatic carbocycles. The van der Waals surface area contributed by atoms with Crippen LogP contribution in [0, 0.1) is 0 Å². The molecule has 1 aromatic heterocycles. The summed E-state index contributed by atoms with van der Waals surface area (Å²) in [5.41, 5.74) is 2.15. The Kier molecular flexibility index (Phi) is 4.64. The van der Waals surface area contributed by atoms with E-state index in [-0.39, 0.29) is 6.04 Å². The van der Waals surface area contributed by atoms with Crippen LogP contribution in [-0.2, 0) is 0 Å². The SMILES string of the molecule is COc1cnn(C(C)C)c1C(O)CC1=CCCCC1. The van der Waals surface area contributed by atoms with Crippen molar-refractivity contribution < 1.29 is 9.84 Å². The number of aromatic nitrogens is 2. The third-order valence-corrected chi connectivity index (χ3v) is 3.66. The van der Waals surface area contributed by atoms with Gasteiger partial charge in [-0.25, -0.2) is 0 Å². The first-order valence-electron chi connectivity index (χ1n) is 7.10. The van der Waals surface area contributed by atoms with Gasteiger partial charge in [0.25, 0.3) is 0 Å². The highest BCUT2D eigenvalue weighted by molar-refractivity contribution is 5.29. The smallest absolute Gasteiger partial charge is 0.162 e. The molecule has 0 amide bonds. The first-order chi connectivity index (χ1) is 9.13. The van der Waals surface area contributed by atoms with E-state index in [0.29, 0.717) is 12.2 Å². The first kappa shape index (κ1) is 14.1. The van der Waals surface area contributed by atoms with Crippen LogP contribution >= 0.6 is 0 Å². The molecule has 0 aliphatic heterocycles. The molecule has 0 aromatic carbocycles. The molecule has 1 aromatic rings. The highest BCUT2D eigenvalue weighted by Crippen LogP contribution is 2.33. The maximum atomic E-state index is 10.5. The van der Waals surface area contributed by atoms with Crippen molar-refractivity contribution in [2.45, 2.75) is 58.1 Å². The van der Waals surface area contributed by atoms with Crippen LogP contribution in [0.15, 0.2) is 17.8 Å². The van der Waals surface area contributed by atoms with Crippen LogP contribution in [0.5, 0.6) is 5.75 Å². The van der Waals surface area contributed by atoms with Crippen LogP contribution in [0.3, 0.4) is 0 Å². The number of nitrogens with zero attached hydrogens (tertiary/aromatic N) is 2. The zero-order valence-electron chi connectivity index (χ0n) is 12.1. The van der Waals surface area contributed by atoms with E-state index in [1.807, 2.05) is 4.68 Å². The average molecular weight is 264 g/mol. The fraction of sp³-hybridized carbons (Fsp3) is 0.667. The molecule has 0 bridgehead atoms. The summed E-state index contributed by atoms with van der Waals surface area (Å²) < 4.78 is 7.18. The second-order valence-electron chi connectivity index (χ2n) is 5.46. The molecule has 0 fully saturated rings. The van der Waals surface area contributed by atoms with Gasteiger partial charge in [-0.15, -0.1) is 0 Å². The molecule has 0 saturated carbocycles. The molecule has 1 atom stereocenters. The standard InChI is InChI=1S/C15H24N2O2/c1-11(2)17-15(14(19-3)10-16-17)13(18)9-12-7-5-4-6-8-12/h7,10-11,13,18H,4-6,8-9H2,1-3H3. The van der Waals surface area contributed by atoms with E-state index in [0.717, 1.165) is 18.5 Å². The number of ether oxygens (including phenoxy) is 1. The van der Waals surface area contributed by atoms with Crippen LogP contribution in [0.4, 0.5) is 0 Å². The van der Waals surface area contributed by atoms with E-state index in [4.69, 9.17) is 4.74 Å². The molecule has 0 saturated heterocycles. The Morgan fingerprint density at radius 2 is 2.21 bits per heavy atom. The van der Waals surface area contributed by atoms with Gasteiger partial charge in [0.05, 0.1) is 13.3 Å². The van der Waals surface area contributed by atoms with Gasteiger partial charge in [0.1, 0.15) is 11.8 Å². The second-order valence-corrected chi connectivity index (χ2v) is 5.46. The van der Waals surface area contributed by atoms with Gasteiger partial charge in [-0.05, 0) is 39.5 Å². The monoisotopic (exact) mass is 264 g/mol. The van der Waals surface area contributed by atoms with Crippen molar-refractivity contribution in [3.05, 3.63) is 23.5 Å². The van der Waals surface area contributed by atoms with Crippen molar-refractivity contribution in [3.8, 4) is 5.75 Å². The predicted octanol–water partition coefficient (Wildman–Crippen LogP) is 3.40. The van der Waals surface area contributed by atoms with Crippen LogP contribution < -0.4 is 4.74 Å². The number of aliphatic hydroxyl groups excluding tert-OH is 1. The molecule has 0 radical (unpaired) electrons. The van der Waals surface area contributed by atoms with Crippen molar-refractivity contribution in [2.75, 3.05) is 7.11 Å². The zero-order chi connectivity index (χ0) is 13.8. The lowest BCUT2D eigenvalue weighted by atomic mass is 9.94. The van der Waals surface area contributed by atoms with Crippen LogP contribution in [0.2, 0.25) is 0 Å². The molecular formula is C15H24N2O2. The Morgan fingerprint density at radius 1 is 1.42 bits per heavy atom. The van der Waals surface area contributed by atoms with Crippen molar-refractivity contribution in [3.63, 3.8) is 0 Å². The molecule has 106 valence electrons. The summed E-state index contributed by atoms with van der Waals surface area (Å²) in [7, 11) is 1.62. The highest BCUT2D eigenvalue weighted by atomic mass is 16.5. The minimum atomic E-state index is -0.538. The summed E-state index contributed by atoms with van der Waals surface area (Å²) in [6.07, 6.45) is 8.87. The normalized spacial score (nSPS) is 17.4. The quantitative estimate of drug-likeness (QED) is 0.829. The van der Waals surface area contributed by atoms with E-state index in [1.54, 1.807) is 13.3 Å². The number of aliphatic hydroxyl groups is 1. The zero-order valence-corrected chi connectivity index (χ0v) is 12.1. The molecule has 4 nitrogen and oxygen atoms in total. The van der Waals surface area contributed by atoms with Crippen molar-refractivity contribution in [2.24, 2.45) is 0 Å². The van der Waals surface area contributed by atoms with Crippen molar-refractivity contribution >= 4 is 0 Å². The molecule has 1 heterocycles. The number of rotatable bonds is 5. The highest BCUT2D eigenvalue weighted by Gasteiger charge is 2.22. The maximum Gasteiger partial charge on any atom is 0.162 e. The summed E-state index contributed by atoms with van der Waals surface area (Å²) in [5, 5.41) is 14.8. The van der Waals surface area contributed by atoms with Gasteiger partial charge in [0.15, 0.2) is 5.75 Å². The minimum Gasteiger partial charge on any atom is -0.493 e. The Labute approximate surface area is 115 Å². The molecule has 1 aliphatic rings. The largest absolute Gasteiger partial charge is 0.493 e. The van der Waals surface area contributed by atoms with Crippen LogP contribution in [0.25, 0.3) is 0 Å². The van der Waals surface area contributed by atoms with Crippen molar-refractivity contribution in [1.29, 1.82) is 0 Å². The Bertz CT molecular complexity index is 449. The maximum absolute atomic E-state index is 10.5. The number of hydrogen-bond donors (Lipinski definition) is 1. The lowest BCUT2D eigenvalue weighted by Gasteiger charge is -2.20. The summed E-state index contributed by atoms with van der Waals surface area (Å²) in [6.45, 7) is 4.12. The Morgan fingerprint density at radius 3 is 2.79 bits per heavy atom. The van der Waals surface area contributed by atoms with Gasteiger partial charge in [-0.3, -0.25) is 4.68 Å². The predicted molar refractivity (Wildman–Crippen MR) is 75.3 cm³/mol. The number of methoxy groups -OCH3 is 1. The molecule has 19 heavy (non-hydrogen) atoms. The second kappa shape index (κ2) is 6.24. The van der Waals surface area contributed by atoms with E-state index in [2.05, 4.69) is 25.0 Å². The minimum absolute atomic E-state index is 0.217. The van der Waals surface area contributed by atoms with Gasteiger partial charge in [-0.1, -0.05) is 11.6 Å². The summed E-state index contributed by atoms with van der Waals surface area (Å²) >= 11 is 0. The van der Waals surface area contributed by atoms with Gasteiger partial charge < -0.3 is 9.84 Å². The van der Waals surface area contributed by atoms with Crippen LogP contribution in [0.1, 0.15) is 63.8 Å². The Hall–Kier alpha value is -1.29. The summed E-state index contributed by atoms with van der Waals surface area (Å²) in [5.74, 6) is 0.678. The topological polar surface area (TPSA) is 47.3 Å². The van der Waals surface area contributed by atoms with Crippen LogP contribution in [-0.4, -0.2) is 22.0 Å². The molecule has 1 N–H and O–H groups in total. The lowest BCUT2D eigenvalue weighted by Crippen LogP contribution is -2.13. The fourth-order valence-electron chi connectivity index (χ4n) is 2.68. The number of allylic oxidation sites excluding steroid dienone is 1. The van der Waals surface area contributed by atoms with Crippen molar-refractivity contribution in [1.82, 2.24) is 9.78 Å². The summed E-state index contributed by atoms with van der Waals surface area (Å²) in [6, 6.07) is 0.217. The summed E-state index contributed by atoms with van der Waals surface area (Å²) in [4.78, 5) is 0. The van der Waals surface area contributed by atoms with Gasteiger partial charge in [-0.2, -0.15) is 5.10 Å². The van der Waals surface area contributed by atoms with E-state index >= 15 is 0 Å². The fourth-order valence-corrected chi connectivity index (χ4v) is 2.68. The van der Waals surface area contributed by atoms with Gasteiger partial charge in [0, 0.05) is 12.5 Å².